The zero-order valence-corrected chi connectivity index (χ0v) is 17.3. The minimum absolute atomic E-state index is 0.0990. The molecule has 0 saturated carbocycles. The fourth-order valence-electron chi connectivity index (χ4n) is 2.54. The molecule has 5 atom stereocenters. The van der Waals surface area contributed by atoms with Gasteiger partial charge >= 0.3 is 23.9 Å². The Morgan fingerprint density at radius 2 is 1.39 bits per heavy atom. The Labute approximate surface area is 169 Å². The maximum atomic E-state index is 11.9. The number of rotatable bonds is 7. The summed E-state index contributed by atoms with van der Waals surface area (Å²) < 4.78 is 26.1. The lowest BCUT2D eigenvalue weighted by atomic mass is 9.96. The predicted molar refractivity (Wildman–Crippen MR) is 93.9 cm³/mol. The molecule has 1 N–H and O–H groups in total. The molecular formula is C16H22BrNO10. The zero-order chi connectivity index (χ0) is 21.4. The first kappa shape index (κ1) is 23.8. The van der Waals surface area contributed by atoms with Gasteiger partial charge in [0, 0.05) is 27.7 Å². The van der Waals surface area contributed by atoms with Gasteiger partial charge in [-0.2, -0.15) is 0 Å². The van der Waals surface area contributed by atoms with Crippen LogP contribution in [0.2, 0.25) is 0 Å². The molecule has 1 fully saturated rings. The Balaban J connectivity index is 3.31. The van der Waals surface area contributed by atoms with Crippen LogP contribution in [0.1, 0.15) is 27.7 Å². The van der Waals surface area contributed by atoms with Gasteiger partial charge in [-0.3, -0.25) is 24.0 Å². The molecule has 1 aliphatic heterocycles. The number of halogens is 1. The molecule has 0 bridgehead atoms. The van der Waals surface area contributed by atoms with Gasteiger partial charge in [-0.15, -0.1) is 0 Å². The summed E-state index contributed by atoms with van der Waals surface area (Å²) >= 11 is 2.98. The van der Waals surface area contributed by atoms with Crippen LogP contribution in [-0.2, 0) is 47.7 Å². The maximum absolute atomic E-state index is 11.9. The number of hydrogen-bond acceptors (Lipinski definition) is 10. The first-order valence-electron chi connectivity index (χ1n) is 8.21. The van der Waals surface area contributed by atoms with E-state index in [4.69, 9.17) is 23.7 Å². The lowest BCUT2D eigenvalue weighted by Crippen LogP contribution is -2.67. The van der Waals surface area contributed by atoms with Gasteiger partial charge in [0.25, 0.3) is 0 Å². The molecule has 158 valence electrons. The van der Waals surface area contributed by atoms with Crippen LogP contribution in [0.25, 0.3) is 0 Å². The van der Waals surface area contributed by atoms with Crippen molar-refractivity contribution in [2.24, 2.45) is 0 Å². The predicted octanol–water partition coefficient (Wildman–Crippen LogP) is -0.419. The number of amides is 1. The van der Waals surface area contributed by atoms with Crippen LogP contribution in [0.4, 0.5) is 0 Å². The van der Waals surface area contributed by atoms with Crippen molar-refractivity contribution in [1.29, 1.82) is 0 Å². The molecule has 1 saturated heterocycles. The first-order chi connectivity index (χ1) is 13.0. The fraction of sp³-hybridized carbons (Fsp3) is 0.688. The van der Waals surface area contributed by atoms with E-state index in [0.717, 1.165) is 27.7 Å². The van der Waals surface area contributed by atoms with E-state index in [2.05, 4.69) is 21.2 Å². The van der Waals surface area contributed by atoms with Gasteiger partial charge in [0.15, 0.2) is 12.2 Å². The molecule has 12 heteroatoms. The second kappa shape index (κ2) is 11.0. The first-order valence-corrected chi connectivity index (χ1v) is 9.33. The van der Waals surface area contributed by atoms with E-state index in [-0.39, 0.29) is 11.9 Å². The van der Waals surface area contributed by atoms with Crippen molar-refractivity contribution in [2.45, 2.75) is 58.3 Å². The SMILES string of the molecule is CC(=O)OC[C@H]1O[C@@H](OC(C)=O)[C@H](NC(=O)CBr)[C@@H](OC(C)=O)[C@@H]1OC(C)=O. The highest BCUT2D eigenvalue weighted by Gasteiger charge is 2.52. The van der Waals surface area contributed by atoms with Gasteiger partial charge in [0.05, 0.1) is 5.33 Å². The number of alkyl halides is 1. The molecule has 0 aromatic carbocycles. The van der Waals surface area contributed by atoms with Crippen LogP contribution >= 0.6 is 15.9 Å². The molecule has 0 aromatic rings. The van der Waals surface area contributed by atoms with Gasteiger partial charge in [-0.05, 0) is 0 Å². The van der Waals surface area contributed by atoms with Crippen molar-refractivity contribution in [2.75, 3.05) is 11.9 Å². The van der Waals surface area contributed by atoms with Crippen LogP contribution in [-0.4, -0.2) is 72.4 Å². The van der Waals surface area contributed by atoms with Crippen molar-refractivity contribution in [3.8, 4) is 0 Å². The molecule has 1 aliphatic rings. The van der Waals surface area contributed by atoms with Gasteiger partial charge in [0.1, 0.15) is 18.8 Å². The van der Waals surface area contributed by atoms with Gasteiger partial charge in [-0.25, -0.2) is 0 Å². The lowest BCUT2D eigenvalue weighted by molar-refractivity contribution is -0.270. The number of carbonyl (C=O) groups excluding carboxylic acids is 5. The van der Waals surface area contributed by atoms with Crippen LogP contribution in [0, 0.1) is 0 Å². The average Bonchev–Trinajstić information content (AvgIpc) is 2.56. The van der Waals surface area contributed by atoms with Crippen LogP contribution < -0.4 is 5.32 Å². The zero-order valence-electron chi connectivity index (χ0n) is 15.8. The smallest absolute Gasteiger partial charge is 0.305 e. The van der Waals surface area contributed by atoms with Crippen molar-refractivity contribution < 1.29 is 47.7 Å². The Morgan fingerprint density at radius 3 is 1.86 bits per heavy atom. The average molecular weight is 468 g/mol. The number of hydrogen-bond donors (Lipinski definition) is 1. The summed E-state index contributed by atoms with van der Waals surface area (Å²) in [6, 6.07) is -1.18. The summed E-state index contributed by atoms with van der Waals surface area (Å²) in [5, 5.41) is 2.40. The van der Waals surface area contributed by atoms with E-state index in [9.17, 15) is 24.0 Å². The number of ether oxygens (including phenoxy) is 5. The summed E-state index contributed by atoms with van der Waals surface area (Å²) in [6.07, 6.45) is -5.04. The summed E-state index contributed by atoms with van der Waals surface area (Å²) in [4.78, 5) is 57.7. The quantitative estimate of drug-likeness (QED) is 0.297. The Bertz CT molecular complexity index is 625. The van der Waals surface area contributed by atoms with Crippen LogP contribution in [0.3, 0.4) is 0 Å². The molecule has 0 aliphatic carbocycles. The molecule has 11 nitrogen and oxygen atoms in total. The summed E-state index contributed by atoms with van der Waals surface area (Å²) in [6.45, 7) is 4.15. The van der Waals surface area contributed by atoms with E-state index in [0.29, 0.717) is 0 Å². The van der Waals surface area contributed by atoms with Gasteiger partial charge < -0.3 is 29.0 Å². The Morgan fingerprint density at radius 1 is 0.857 bits per heavy atom. The third-order valence-electron chi connectivity index (χ3n) is 3.43. The van der Waals surface area contributed by atoms with Crippen LogP contribution in [0.15, 0.2) is 0 Å². The highest BCUT2D eigenvalue weighted by Crippen LogP contribution is 2.28. The normalized spacial score (nSPS) is 26.5. The van der Waals surface area contributed by atoms with Crippen molar-refractivity contribution in [1.82, 2.24) is 5.32 Å². The lowest BCUT2D eigenvalue weighted by Gasteiger charge is -2.44. The third-order valence-corrected chi connectivity index (χ3v) is 3.94. The fourth-order valence-corrected chi connectivity index (χ4v) is 2.71. The van der Waals surface area contributed by atoms with Crippen LogP contribution in [0.5, 0.6) is 0 Å². The van der Waals surface area contributed by atoms with E-state index in [1.807, 2.05) is 0 Å². The minimum atomic E-state index is -1.39. The monoisotopic (exact) mass is 467 g/mol. The van der Waals surface area contributed by atoms with Crippen molar-refractivity contribution >= 4 is 45.7 Å². The standard InChI is InChI=1S/C16H22BrNO10/c1-7(19)24-6-11-14(25-8(2)20)15(26-9(3)21)13(18-12(23)5-17)16(28-11)27-10(4)22/h11,13-16H,5-6H2,1-4H3,(H,18,23)/t11-,13-,14-,15-,16-/m1/s1. The van der Waals surface area contributed by atoms with E-state index in [1.54, 1.807) is 0 Å². The van der Waals surface area contributed by atoms with Crippen molar-refractivity contribution in [3.05, 3.63) is 0 Å². The molecule has 0 spiro atoms. The summed E-state index contributed by atoms with van der Waals surface area (Å²) in [7, 11) is 0. The molecule has 0 aromatic heterocycles. The molecule has 0 radical (unpaired) electrons. The second-order valence-corrected chi connectivity index (χ2v) is 6.39. The number of carbonyl (C=O) groups is 5. The Hall–Kier alpha value is -2.21. The highest BCUT2D eigenvalue weighted by molar-refractivity contribution is 9.09. The highest BCUT2D eigenvalue weighted by atomic mass is 79.9. The Kier molecular flexibility index (Phi) is 9.32. The summed E-state index contributed by atoms with van der Waals surface area (Å²) in [5.41, 5.74) is 0. The van der Waals surface area contributed by atoms with Crippen molar-refractivity contribution in [3.63, 3.8) is 0 Å². The number of esters is 4. The molecule has 1 amide bonds. The van der Waals surface area contributed by atoms with Gasteiger partial charge in [-0.1, -0.05) is 15.9 Å². The minimum Gasteiger partial charge on any atom is -0.463 e. The van der Waals surface area contributed by atoms with E-state index < -0.39 is 60.4 Å². The maximum Gasteiger partial charge on any atom is 0.305 e. The third kappa shape index (κ3) is 7.43. The largest absolute Gasteiger partial charge is 0.463 e. The molecule has 1 heterocycles. The molecule has 1 rings (SSSR count). The molecular weight excluding hydrogens is 446 g/mol. The van der Waals surface area contributed by atoms with E-state index >= 15 is 0 Å². The van der Waals surface area contributed by atoms with E-state index in [1.165, 1.54) is 0 Å². The van der Waals surface area contributed by atoms with Gasteiger partial charge in [0.2, 0.25) is 12.2 Å². The second-order valence-electron chi connectivity index (χ2n) is 5.83. The molecule has 28 heavy (non-hydrogen) atoms. The topological polar surface area (TPSA) is 144 Å². The number of nitrogens with one attached hydrogen (secondary N) is 1. The summed E-state index contributed by atoms with van der Waals surface area (Å²) in [5.74, 6) is -3.36. The molecule has 0 unspecified atom stereocenters.